The van der Waals surface area contributed by atoms with E-state index in [4.69, 9.17) is 10.5 Å². The van der Waals surface area contributed by atoms with Crippen LogP contribution >= 0.6 is 11.8 Å². The van der Waals surface area contributed by atoms with E-state index in [1.165, 1.54) is 23.9 Å². The Kier molecular flexibility index (Phi) is 6.11. The highest BCUT2D eigenvalue weighted by molar-refractivity contribution is 7.98. The Bertz CT molecular complexity index is 1270. The molecular weight excluding hydrogens is 422 g/mol. The van der Waals surface area contributed by atoms with Gasteiger partial charge in [0.25, 0.3) is 5.56 Å². The fraction of sp³-hybridized carbons (Fsp3) is 0.150. The Labute approximate surface area is 178 Å². The Morgan fingerprint density at radius 3 is 2.23 bits per heavy atom. The summed E-state index contributed by atoms with van der Waals surface area (Å²) in [6.45, 7) is 1.96. The third kappa shape index (κ3) is 4.16. The van der Waals surface area contributed by atoms with Crippen LogP contribution in [0.2, 0.25) is 0 Å². The molecule has 0 atom stereocenters. The first-order valence-electron chi connectivity index (χ1n) is 8.85. The maximum absolute atomic E-state index is 12.8. The van der Waals surface area contributed by atoms with E-state index in [0.29, 0.717) is 22.1 Å². The number of aromatic nitrogens is 2. The van der Waals surface area contributed by atoms with Crippen molar-refractivity contribution in [3.63, 3.8) is 0 Å². The van der Waals surface area contributed by atoms with Crippen molar-refractivity contribution in [2.75, 3.05) is 13.3 Å². The molecule has 2 aromatic carbocycles. The molecule has 1 aromatic heterocycles. The van der Waals surface area contributed by atoms with Gasteiger partial charge in [-0.1, -0.05) is 29.8 Å². The van der Waals surface area contributed by atoms with Crippen LogP contribution in [-0.4, -0.2) is 37.1 Å². The van der Waals surface area contributed by atoms with Gasteiger partial charge in [0.1, 0.15) is 17.2 Å². The highest BCUT2D eigenvalue weighted by atomic mass is 32.2. The second-order valence-electron chi connectivity index (χ2n) is 6.49. The van der Waals surface area contributed by atoms with Gasteiger partial charge in [0, 0.05) is 18.3 Å². The Morgan fingerprint density at radius 1 is 1.13 bits per heavy atom. The molecule has 0 saturated carbocycles. The highest BCUT2D eigenvalue weighted by Crippen LogP contribution is 2.29. The molecule has 0 saturated heterocycles. The molecule has 0 bridgehead atoms. The molecular formula is C20H21N5O3S2. The molecule has 10 heteroatoms. The molecule has 3 aromatic rings. The minimum absolute atomic E-state index is 0.0222. The van der Waals surface area contributed by atoms with E-state index in [-0.39, 0.29) is 16.3 Å². The number of aryl methyl sites for hydroxylation is 1. The molecule has 0 fully saturated rings. The molecule has 0 radical (unpaired) electrons. The summed E-state index contributed by atoms with van der Waals surface area (Å²) in [5, 5.41) is 16.6. The number of nitrogens with two attached hydrogens (primary N) is 1. The number of amidine groups is 1. The van der Waals surface area contributed by atoms with Crippen LogP contribution in [0.4, 0.5) is 0 Å². The summed E-state index contributed by atoms with van der Waals surface area (Å²) < 4.78 is 25.0. The number of benzene rings is 2. The van der Waals surface area contributed by atoms with Crippen LogP contribution in [0.25, 0.3) is 17.1 Å². The predicted molar refractivity (Wildman–Crippen MR) is 119 cm³/mol. The van der Waals surface area contributed by atoms with E-state index < -0.39 is 15.6 Å². The van der Waals surface area contributed by atoms with Crippen molar-refractivity contribution in [3.05, 3.63) is 70.0 Å². The molecule has 0 unspecified atom stereocenters. The molecule has 0 amide bonds. The topological polar surface area (TPSA) is 131 Å². The minimum Gasteiger partial charge on any atom is -0.373 e. The summed E-state index contributed by atoms with van der Waals surface area (Å²) in [4.78, 5) is 17.1. The molecule has 0 aliphatic rings. The average Bonchev–Trinajstić information content (AvgIpc) is 2.72. The van der Waals surface area contributed by atoms with Crippen LogP contribution in [0.15, 0.2) is 63.2 Å². The first kappa shape index (κ1) is 21.8. The van der Waals surface area contributed by atoms with Gasteiger partial charge in [0.15, 0.2) is 0 Å². The summed E-state index contributed by atoms with van der Waals surface area (Å²) in [7, 11) is -2.28. The van der Waals surface area contributed by atoms with Crippen LogP contribution < -0.4 is 16.0 Å². The normalized spacial score (nSPS) is 11.3. The van der Waals surface area contributed by atoms with Crippen LogP contribution in [-0.2, 0) is 10.0 Å². The molecule has 30 heavy (non-hydrogen) atoms. The molecule has 4 N–H and O–H groups in total. The van der Waals surface area contributed by atoms with Gasteiger partial charge in [-0.2, -0.15) is 4.98 Å². The molecule has 1 heterocycles. The van der Waals surface area contributed by atoms with E-state index in [1.54, 1.807) is 30.0 Å². The minimum atomic E-state index is -3.84. The van der Waals surface area contributed by atoms with E-state index in [1.807, 2.05) is 31.2 Å². The Morgan fingerprint density at radius 2 is 1.73 bits per heavy atom. The lowest BCUT2D eigenvalue weighted by Gasteiger charge is -2.20. The van der Waals surface area contributed by atoms with Gasteiger partial charge in [-0.05, 0) is 37.4 Å². The van der Waals surface area contributed by atoms with Gasteiger partial charge in [-0.25, -0.2) is 13.6 Å². The van der Waals surface area contributed by atoms with Gasteiger partial charge in [-0.15, -0.1) is 11.8 Å². The van der Waals surface area contributed by atoms with Crippen LogP contribution in [0.3, 0.4) is 0 Å². The smallest absolute Gasteiger partial charge is 0.285 e. The zero-order valence-corrected chi connectivity index (χ0v) is 18.3. The van der Waals surface area contributed by atoms with Crippen molar-refractivity contribution in [1.82, 2.24) is 14.9 Å². The van der Waals surface area contributed by atoms with E-state index in [9.17, 15) is 13.2 Å². The quantitative estimate of drug-likeness (QED) is 0.240. The number of hydrogen-bond acceptors (Lipinski definition) is 6. The number of nitrogens with zero attached hydrogens (tertiary/aromatic N) is 2. The standard InChI is InChI=1S/C20H21N5O3S2/c1-12-4-6-13(7-5-12)18-24-19(26)16(17(21)23-2)20(29-3)25(18)14-8-10-15(11-9-14)30(22,27)28/h4-11H,1-3H3,(H2,21,23)(H2,22,27,28). The van der Waals surface area contributed by atoms with Gasteiger partial charge in [0.2, 0.25) is 10.0 Å². The highest BCUT2D eigenvalue weighted by Gasteiger charge is 2.22. The van der Waals surface area contributed by atoms with E-state index >= 15 is 0 Å². The van der Waals surface area contributed by atoms with Crippen LogP contribution in [0.5, 0.6) is 0 Å². The van der Waals surface area contributed by atoms with Crippen molar-refractivity contribution < 1.29 is 8.42 Å². The fourth-order valence-electron chi connectivity index (χ4n) is 2.95. The van der Waals surface area contributed by atoms with Gasteiger partial charge < -0.3 is 5.32 Å². The van der Waals surface area contributed by atoms with Crippen molar-refractivity contribution in [2.45, 2.75) is 16.8 Å². The molecule has 3 rings (SSSR count). The number of primary sulfonamides is 1. The second kappa shape index (κ2) is 8.42. The first-order valence-corrected chi connectivity index (χ1v) is 11.6. The monoisotopic (exact) mass is 443 g/mol. The Balaban J connectivity index is 2.38. The second-order valence-corrected chi connectivity index (χ2v) is 8.85. The maximum atomic E-state index is 12.8. The fourth-order valence-corrected chi connectivity index (χ4v) is 4.24. The van der Waals surface area contributed by atoms with Gasteiger partial charge >= 0.3 is 0 Å². The van der Waals surface area contributed by atoms with E-state index in [2.05, 4.69) is 10.3 Å². The van der Waals surface area contributed by atoms with Crippen LogP contribution in [0.1, 0.15) is 11.1 Å². The van der Waals surface area contributed by atoms with Crippen molar-refractivity contribution in [2.24, 2.45) is 5.14 Å². The lowest BCUT2D eigenvalue weighted by molar-refractivity contribution is 0.598. The van der Waals surface area contributed by atoms with Crippen LogP contribution in [0, 0.1) is 12.3 Å². The number of nitrogens with one attached hydrogen (secondary N) is 2. The maximum Gasteiger partial charge on any atom is 0.285 e. The third-order valence-corrected chi connectivity index (χ3v) is 6.18. The largest absolute Gasteiger partial charge is 0.373 e. The van der Waals surface area contributed by atoms with E-state index in [0.717, 1.165) is 5.56 Å². The molecule has 0 spiro atoms. The summed E-state index contributed by atoms with van der Waals surface area (Å²) in [5.41, 5.74) is 1.97. The number of hydrogen-bond donors (Lipinski definition) is 3. The third-order valence-electron chi connectivity index (χ3n) is 4.48. The number of sulfonamides is 1. The summed E-state index contributed by atoms with van der Waals surface area (Å²) in [6, 6.07) is 13.5. The lowest BCUT2D eigenvalue weighted by Crippen LogP contribution is -2.31. The SMILES string of the molecule is CNC(=N)c1c(SC)n(-c2ccc(S(N)(=O)=O)cc2)c(-c2ccc(C)cc2)nc1=O. The zero-order valence-electron chi connectivity index (χ0n) is 16.6. The summed E-state index contributed by atoms with van der Waals surface area (Å²) in [5.74, 6) is 0.336. The molecule has 156 valence electrons. The number of rotatable bonds is 5. The van der Waals surface area contributed by atoms with Gasteiger partial charge in [-0.3, -0.25) is 14.8 Å². The zero-order chi connectivity index (χ0) is 22.1. The lowest BCUT2D eigenvalue weighted by atomic mass is 10.1. The Hall–Kier alpha value is -2.95. The summed E-state index contributed by atoms with van der Waals surface area (Å²) in [6.07, 6.45) is 1.80. The van der Waals surface area contributed by atoms with Crippen molar-refractivity contribution >= 4 is 27.6 Å². The summed E-state index contributed by atoms with van der Waals surface area (Å²) >= 11 is 1.30. The van der Waals surface area contributed by atoms with Crippen molar-refractivity contribution in [1.29, 1.82) is 5.41 Å². The number of thioether (sulfide) groups is 1. The molecule has 0 aliphatic heterocycles. The average molecular weight is 444 g/mol. The van der Waals surface area contributed by atoms with Crippen molar-refractivity contribution in [3.8, 4) is 17.1 Å². The van der Waals surface area contributed by atoms with Gasteiger partial charge in [0.05, 0.1) is 9.92 Å². The predicted octanol–water partition coefficient (Wildman–Crippen LogP) is 2.12. The first-order chi connectivity index (χ1) is 14.2. The molecule has 0 aliphatic carbocycles. The molecule has 8 nitrogen and oxygen atoms in total.